The van der Waals surface area contributed by atoms with E-state index in [9.17, 15) is 8.42 Å². The molecular formula is C20H23NO2S. The van der Waals surface area contributed by atoms with Crippen LogP contribution in [-0.4, -0.2) is 8.42 Å². The van der Waals surface area contributed by atoms with E-state index in [0.29, 0.717) is 4.90 Å². The summed E-state index contributed by atoms with van der Waals surface area (Å²) in [6.07, 6.45) is 7.19. The molecule has 0 saturated heterocycles. The van der Waals surface area contributed by atoms with Crippen LogP contribution in [0.25, 0.3) is 0 Å². The van der Waals surface area contributed by atoms with Crippen LogP contribution in [0.1, 0.15) is 48.8 Å². The van der Waals surface area contributed by atoms with Gasteiger partial charge >= 0.3 is 0 Å². The standard InChI is InChI=1S/C20H23NO2S/c22-24(23,19-12-11-16-7-4-5-8-17(16)15-19)21-20(13-6-14-20)18-9-2-1-3-10-18/h1-3,9-12,15,21H,4-8,13-14H2. The molecule has 0 radical (unpaired) electrons. The number of hydrogen-bond acceptors (Lipinski definition) is 2. The first-order valence-electron chi connectivity index (χ1n) is 8.80. The molecule has 4 rings (SSSR count). The van der Waals surface area contributed by atoms with Crippen LogP contribution < -0.4 is 4.72 Å². The Balaban J connectivity index is 1.66. The first-order valence-corrected chi connectivity index (χ1v) is 10.3. The fourth-order valence-electron chi connectivity index (χ4n) is 3.93. The van der Waals surface area contributed by atoms with Crippen molar-refractivity contribution in [3.05, 3.63) is 65.2 Å². The monoisotopic (exact) mass is 341 g/mol. The summed E-state index contributed by atoms with van der Waals surface area (Å²) in [6, 6.07) is 15.6. The van der Waals surface area contributed by atoms with Gasteiger partial charge in [0.1, 0.15) is 0 Å². The summed E-state index contributed by atoms with van der Waals surface area (Å²) in [4.78, 5) is 0.408. The van der Waals surface area contributed by atoms with Crippen LogP contribution in [0.3, 0.4) is 0 Å². The number of sulfonamides is 1. The Hall–Kier alpha value is -1.65. The smallest absolute Gasteiger partial charge is 0.207 e. The Labute approximate surface area is 144 Å². The Morgan fingerprint density at radius 1 is 0.833 bits per heavy atom. The lowest BCUT2D eigenvalue weighted by Gasteiger charge is -2.42. The molecule has 2 aromatic carbocycles. The molecule has 0 aliphatic heterocycles. The van der Waals surface area contributed by atoms with Crippen LogP contribution in [0, 0.1) is 0 Å². The third-order valence-corrected chi connectivity index (χ3v) is 7.03. The van der Waals surface area contributed by atoms with Gasteiger partial charge in [-0.15, -0.1) is 0 Å². The maximum absolute atomic E-state index is 13.0. The number of hydrogen-bond donors (Lipinski definition) is 1. The predicted octanol–water partition coefficient (Wildman–Crippen LogP) is 3.92. The lowest BCUT2D eigenvalue weighted by molar-refractivity contribution is 0.224. The van der Waals surface area contributed by atoms with Gasteiger partial charge in [0, 0.05) is 0 Å². The van der Waals surface area contributed by atoms with E-state index in [1.165, 1.54) is 17.5 Å². The first-order chi connectivity index (χ1) is 11.6. The SMILES string of the molecule is O=S(=O)(NC1(c2ccccc2)CCC1)c1ccc2c(c1)CCCC2. The van der Waals surface area contributed by atoms with Gasteiger partial charge in [-0.05, 0) is 73.8 Å². The van der Waals surface area contributed by atoms with Crippen LogP contribution in [0.5, 0.6) is 0 Å². The van der Waals surface area contributed by atoms with E-state index in [2.05, 4.69) is 4.72 Å². The second-order valence-electron chi connectivity index (χ2n) is 7.04. The largest absolute Gasteiger partial charge is 0.241 e. The summed E-state index contributed by atoms with van der Waals surface area (Å²) >= 11 is 0. The summed E-state index contributed by atoms with van der Waals surface area (Å²) in [5.41, 5.74) is 3.14. The zero-order chi connectivity index (χ0) is 16.6. The number of rotatable bonds is 4. The zero-order valence-corrected chi connectivity index (χ0v) is 14.6. The van der Waals surface area contributed by atoms with Gasteiger partial charge in [0.25, 0.3) is 0 Å². The molecule has 2 aliphatic carbocycles. The summed E-state index contributed by atoms with van der Waals surface area (Å²) in [6.45, 7) is 0. The van der Waals surface area contributed by atoms with Crippen molar-refractivity contribution in [2.75, 3.05) is 0 Å². The van der Waals surface area contributed by atoms with Crippen molar-refractivity contribution < 1.29 is 8.42 Å². The highest BCUT2D eigenvalue weighted by atomic mass is 32.2. The third kappa shape index (κ3) is 2.78. The second kappa shape index (κ2) is 6.01. The average molecular weight is 341 g/mol. The van der Waals surface area contributed by atoms with Crippen LogP contribution in [0.15, 0.2) is 53.4 Å². The highest BCUT2D eigenvalue weighted by molar-refractivity contribution is 7.89. The van der Waals surface area contributed by atoms with E-state index in [-0.39, 0.29) is 0 Å². The van der Waals surface area contributed by atoms with Crippen molar-refractivity contribution in [1.82, 2.24) is 4.72 Å². The van der Waals surface area contributed by atoms with Crippen LogP contribution in [-0.2, 0) is 28.4 Å². The lowest BCUT2D eigenvalue weighted by atomic mass is 9.73. The van der Waals surface area contributed by atoms with Crippen molar-refractivity contribution in [2.45, 2.75) is 55.4 Å². The molecule has 4 heteroatoms. The molecule has 0 spiro atoms. The fraction of sp³-hybridized carbons (Fsp3) is 0.400. The predicted molar refractivity (Wildman–Crippen MR) is 95.4 cm³/mol. The minimum Gasteiger partial charge on any atom is -0.207 e. The summed E-state index contributed by atoms with van der Waals surface area (Å²) in [5.74, 6) is 0. The Morgan fingerprint density at radius 3 is 2.21 bits per heavy atom. The van der Waals surface area contributed by atoms with Crippen molar-refractivity contribution in [3.63, 3.8) is 0 Å². The Bertz CT molecular complexity index is 839. The van der Waals surface area contributed by atoms with E-state index >= 15 is 0 Å². The van der Waals surface area contributed by atoms with Crippen molar-refractivity contribution >= 4 is 10.0 Å². The molecule has 2 aliphatic rings. The first kappa shape index (κ1) is 15.9. The highest BCUT2D eigenvalue weighted by Gasteiger charge is 2.42. The summed E-state index contributed by atoms with van der Waals surface area (Å²) in [5, 5.41) is 0. The molecule has 0 aromatic heterocycles. The highest BCUT2D eigenvalue weighted by Crippen LogP contribution is 2.42. The van der Waals surface area contributed by atoms with E-state index < -0.39 is 15.6 Å². The van der Waals surface area contributed by atoms with E-state index in [0.717, 1.165) is 44.1 Å². The van der Waals surface area contributed by atoms with Crippen molar-refractivity contribution in [1.29, 1.82) is 0 Å². The summed E-state index contributed by atoms with van der Waals surface area (Å²) < 4.78 is 29.0. The second-order valence-corrected chi connectivity index (χ2v) is 8.73. The number of nitrogens with one attached hydrogen (secondary N) is 1. The molecule has 3 nitrogen and oxygen atoms in total. The van der Waals surface area contributed by atoms with Gasteiger partial charge in [0.15, 0.2) is 0 Å². The molecule has 126 valence electrons. The van der Waals surface area contributed by atoms with Gasteiger partial charge in [-0.3, -0.25) is 0 Å². The zero-order valence-electron chi connectivity index (χ0n) is 13.8. The number of aryl methyl sites for hydroxylation is 2. The minimum absolute atomic E-state index is 0.408. The van der Waals surface area contributed by atoms with Gasteiger partial charge in [-0.2, -0.15) is 0 Å². The van der Waals surface area contributed by atoms with Crippen molar-refractivity contribution in [3.8, 4) is 0 Å². The molecule has 0 heterocycles. The Kier molecular flexibility index (Phi) is 3.97. The van der Waals surface area contributed by atoms with Gasteiger partial charge in [0.05, 0.1) is 10.4 Å². The molecule has 1 fully saturated rings. The minimum atomic E-state index is -3.51. The van der Waals surface area contributed by atoms with E-state index in [4.69, 9.17) is 0 Å². The van der Waals surface area contributed by atoms with E-state index in [1.807, 2.05) is 42.5 Å². The van der Waals surface area contributed by atoms with Crippen molar-refractivity contribution in [2.24, 2.45) is 0 Å². The van der Waals surface area contributed by atoms with Crippen LogP contribution >= 0.6 is 0 Å². The molecule has 0 amide bonds. The number of benzene rings is 2. The maximum Gasteiger partial charge on any atom is 0.241 e. The Morgan fingerprint density at radius 2 is 1.54 bits per heavy atom. The fourth-order valence-corrected chi connectivity index (χ4v) is 5.43. The molecule has 0 bridgehead atoms. The molecule has 0 atom stereocenters. The number of fused-ring (bicyclic) bond motifs is 1. The molecule has 1 N–H and O–H groups in total. The normalized spacial score (nSPS) is 19.3. The quantitative estimate of drug-likeness (QED) is 0.916. The topological polar surface area (TPSA) is 46.2 Å². The molecule has 1 saturated carbocycles. The third-order valence-electron chi connectivity index (χ3n) is 5.49. The van der Waals surface area contributed by atoms with Gasteiger partial charge in [-0.25, -0.2) is 13.1 Å². The maximum atomic E-state index is 13.0. The molecule has 24 heavy (non-hydrogen) atoms. The van der Waals surface area contributed by atoms with Crippen LogP contribution in [0.4, 0.5) is 0 Å². The average Bonchev–Trinajstić information content (AvgIpc) is 2.58. The molecular weight excluding hydrogens is 318 g/mol. The van der Waals surface area contributed by atoms with Crippen LogP contribution in [0.2, 0.25) is 0 Å². The molecule has 2 aromatic rings. The van der Waals surface area contributed by atoms with Gasteiger partial charge < -0.3 is 0 Å². The van der Waals surface area contributed by atoms with E-state index in [1.54, 1.807) is 6.07 Å². The lowest BCUT2D eigenvalue weighted by Crippen LogP contribution is -2.50. The molecule has 0 unspecified atom stereocenters. The van der Waals surface area contributed by atoms with Gasteiger partial charge in [-0.1, -0.05) is 36.4 Å². The summed E-state index contributed by atoms with van der Waals surface area (Å²) in [7, 11) is -3.51. The van der Waals surface area contributed by atoms with Gasteiger partial charge in [0.2, 0.25) is 10.0 Å².